The summed E-state index contributed by atoms with van der Waals surface area (Å²) in [5, 5.41) is 9.00. The van der Waals surface area contributed by atoms with E-state index in [-0.39, 0.29) is 5.91 Å². The number of carbonyl (C=O) groups excluding carboxylic acids is 1. The van der Waals surface area contributed by atoms with Gasteiger partial charge in [0.25, 0.3) is 0 Å². The van der Waals surface area contributed by atoms with Gasteiger partial charge in [-0.3, -0.25) is 4.79 Å². The molecule has 4 heteroatoms. The van der Waals surface area contributed by atoms with Crippen LogP contribution in [0.5, 0.6) is 0 Å². The molecule has 1 heterocycles. The van der Waals surface area contributed by atoms with Crippen LogP contribution in [0.2, 0.25) is 0 Å². The molecule has 0 bridgehead atoms. The minimum atomic E-state index is 0.286. The number of nitrogens with zero attached hydrogens (tertiary/aromatic N) is 2. The second-order valence-corrected chi connectivity index (χ2v) is 5.49. The average Bonchev–Trinajstić information content (AvgIpc) is 2.41. The maximum absolute atomic E-state index is 11.9. The zero-order chi connectivity index (χ0) is 14.1. The van der Waals surface area contributed by atoms with E-state index in [0.29, 0.717) is 18.9 Å². The standard InChI is InChI=1S/C15H30N2O2/c1-3-17(4-2)15(19)8-6-11-16-10-5-7-14(13-16)9-12-18/h14,18H,3-13H2,1-2H3. The predicted octanol–water partition coefficient (Wildman–Crippen LogP) is 1.73. The van der Waals surface area contributed by atoms with Crippen molar-refractivity contribution in [2.45, 2.75) is 46.0 Å². The highest BCUT2D eigenvalue weighted by Gasteiger charge is 2.19. The Hall–Kier alpha value is -0.610. The van der Waals surface area contributed by atoms with Crippen LogP contribution in [-0.4, -0.2) is 60.1 Å². The van der Waals surface area contributed by atoms with Crippen molar-refractivity contribution in [3.63, 3.8) is 0 Å². The number of amides is 1. The van der Waals surface area contributed by atoms with Gasteiger partial charge in [0.15, 0.2) is 0 Å². The highest BCUT2D eigenvalue weighted by Crippen LogP contribution is 2.19. The van der Waals surface area contributed by atoms with Crippen molar-refractivity contribution in [1.82, 2.24) is 9.80 Å². The van der Waals surface area contributed by atoms with Gasteiger partial charge in [-0.2, -0.15) is 0 Å². The minimum Gasteiger partial charge on any atom is -0.396 e. The molecule has 0 saturated carbocycles. The van der Waals surface area contributed by atoms with Crippen molar-refractivity contribution >= 4 is 5.91 Å². The summed E-state index contributed by atoms with van der Waals surface area (Å²) in [6.07, 6.45) is 5.03. The molecule has 1 amide bonds. The monoisotopic (exact) mass is 270 g/mol. The van der Waals surface area contributed by atoms with Gasteiger partial charge in [0, 0.05) is 32.7 Å². The molecular weight excluding hydrogens is 240 g/mol. The van der Waals surface area contributed by atoms with Gasteiger partial charge in [0.1, 0.15) is 0 Å². The van der Waals surface area contributed by atoms with Crippen LogP contribution >= 0.6 is 0 Å². The van der Waals surface area contributed by atoms with Crippen molar-refractivity contribution < 1.29 is 9.90 Å². The fourth-order valence-corrected chi connectivity index (χ4v) is 2.96. The Labute approximate surface area is 117 Å². The van der Waals surface area contributed by atoms with E-state index in [0.717, 1.165) is 45.6 Å². The van der Waals surface area contributed by atoms with Gasteiger partial charge in [-0.05, 0) is 58.5 Å². The van der Waals surface area contributed by atoms with Gasteiger partial charge < -0.3 is 14.9 Å². The van der Waals surface area contributed by atoms with E-state index in [9.17, 15) is 4.79 Å². The van der Waals surface area contributed by atoms with Crippen molar-refractivity contribution in [3.05, 3.63) is 0 Å². The molecule has 1 atom stereocenters. The molecule has 0 aromatic rings. The van der Waals surface area contributed by atoms with Gasteiger partial charge in [0.2, 0.25) is 5.91 Å². The molecule has 0 aliphatic carbocycles. The first-order valence-corrected chi connectivity index (χ1v) is 7.82. The second kappa shape index (κ2) is 9.32. The van der Waals surface area contributed by atoms with E-state index in [1.54, 1.807) is 0 Å². The predicted molar refractivity (Wildman–Crippen MR) is 78.0 cm³/mol. The highest BCUT2D eigenvalue weighted by atomic mass is 16.3. The summed E-state index contributed by atoms with van der Waals surface area (Å²) in [5.74, 6) is 0.936. The number of piperidine rings is 1. The lowest BCUT2D eigenvalue weighted by Crippen LogP contribution is -2.37. The number of aliphatic hydroxyl groups excluding tert-OH is 1. The summed E-state index contributed by atoms with van der Waals surface area (Å²) in [5.41, 5.74) is 0. The van der Waals surface area contributed by atoms with Crippen LogP contribution in [0.25, 0.3) is 0 Å². The first kappa shape index (κ1) is 16.4. The van der Waals surface area contributed by atoms with Crippen molar-refractivity contribution in [3.8, 4) is 0 Å². The molecule has 0 aromatic heterocycles. The lowest BCUT2D eigenvalue weighted by Gasteiger charge is -2.32. The lowest BCUT2D eigenvalue weighted by molar-refractivity contribution is -0.131. The molecule has 1 rings (SSSR count). The molecule has 1 fully saturated rings. The third-order valence-corrected chi connectivity index (χ3v) is 4.12. The smallest absolute Gasteiger partial charge is 0.222 e. The van der Waals surface area contributed by atoms with Crippen LogP contribution < -0.4 is 0 Å². The largest absolute Gasteiger partial charge is 0.396 e. The summed E-state index contributed by atoms with van der Waals surface area (Å²) >= 11 is 0. The van der Waals surface area contributed by atoms with E-state index in [1.807, 2.05) is 18.7 Å². The van der Waals surface area contributed by atoms with Crippen molar-refractivity contribution in [2.24, 2.45) is 5.92 Å². The number of aliphatic hydroxyl groups is 1. The maximum Gasteiger partial charge on any atom is 0.222 e. The van der Waals surface area contributed by atoms with Crippen molar-refractivity contribution in [1.29, 1.82) is 0 Å². The summed E-state index contributed by atoms with van der Waals surface area (Å²) in [6.45, 7) is 9.28. The molecule has 0 radical (unpaired) electrons. The maximum atomic E-state index is 11.9. The van der Waals surface area contributed by atoms with Crippen LogP contribution in [0.1, 0.15) is 46.0 Å². The van der Waals surface area contributed by atoms with Crippen LogP contribution in [0.3, 0.4) is 0 Å². The van der Waals surface area contributed by atoms with Gasteiger partial charge in [-0.15, -0.1) is 0 Å². The molecule has 0 aromatic carbocycles. The van der Waals surface area contributed by atoms with E-state index in [4.69, 9.17) is 5.11 Å². The molecule has 1 aliphatic rings. The molecule has 19 heavy (non-hydrogen) atoms. The summed E-state index contributed by atoms with van der Waals surface area (Å²) in [4.78, 5) is 16.3. The molecule has 1 N–H and O–H groups in total. The second-order valence-electron chi connectivity index (χ2n) is 5.49. The van der Waals surface area contributed by atoms with E-state index in [2.05, 4.69) is 4.90 Å². The normalized spacial score (nSPS) is 20.5. The average molecular weight is 270 g/mol. The molecule has 0 spiro atoms. The number of hydrogen-bond donors (Lipinski definition) is 1. The fourth-order valence-electron chi connectivity index (χ4n) is 2.96. The van der Waals surface area contributed by atoms with Gasteiger partial charge in [-0.1, -0.05) is 0 Å². The highest BCUT2D eigenvalue weighted by molar-refractivity contribution is 5.76. The summed E-state index contributed by atoms with van der Waals surface area (Å²) in [7, 11) is 0. The third kappa shape index (κ3) is 5.91. The number of likely N-dealkylation sites (tertiary alicyclic amines) is 1. The van der Waals surface area contributed by atoms with E-state index in [1.165, 1.54) is 12.8 Å². The Bertz CT molecular complexity index is 253. The Morgan fingerprint density at radius 1 is 1.37 bits per heavy atom. The molecule has 4 nitrogen and oxygen atoms in total. The van der Waals surface area contributed by atoms with Crippen molar-refractivity contribution in [2.75, 3.05) is 39.3 Å². The Morgan fingerprint density at radius 2 is 2.11 bits per heavy atom. The Balaban J connectivity index is 2.19. The molecule has 112 valence electrons. The van der Waals surface area contributed by atoms with Crippen LogP contribution in [0.15, 0.2) is 0 Å². The van der Waals surface area contributed by atoms with Crippen LogP contribution in [0, 0.1) is 5.92 Å². The first-order chi connectivity index (χ1) is 9.21. The molecule has 1 unspecified atom stereocenters. The van der Waals surface area contributed by atoms with Crippen LogP contribution in [-0.2, 0) is 4.79 Å². The minimum absolute atomic E-state index is 0.286. The lowest BCUT2D eigenvalue weighted by atomic mass is 9.95. The van der Waals surface area contributed by atoms with Gasteiger partial charge >= 0.3 is 0 Å². The van der Waals surface area contributed by atoms with Crippen LogP contribution in [0.4, 0.5) is 0 Å². The SMILES string of the molecule is CCN(CC)C(=O)CCCN1CCCC(CCO)C1. The Morgan fingerprint density at radius 3 is 2.74 bits per heavy atom. The third-order valence-electron chi connectivity index (χ3n) is 4.12. The summed E-state index contributed by atoms with van der Waals surface area (Å²) < 4.78 is 0. The molecule has 1 aliphatic heterocycles. The zero-order valence-electron chi connectivity index (χ0n) is 12.6. The number of hydrogen-bond acceptors (Lipinski definition) is 3. The molecule has 1 saturated heterocycles. The number of rotatable bonds is 8. The van der Waals surface area contributed by atoms with Gasteiger partial charge in [0.05, 0.1) is 0 Å². The van der Waals surface area contributed by atoms with E-state index >= 15 is 0 Å². The van der Waals surface area contributed by atoms with Gasteiger partial charge in [-0.25, -0.2) is 0 Å². The van der Waals surface area contributed by atoms with E-state index < -0.39 is 0 Å². The zero-order valence-corrected chi connectivity index (χ0v) is 12.6. The quantitative estimate of drug-likeness (QED) is 0.730. The fraction of sp³-hybridized carbons (Fsp3) is 0.933. The Kier molecular flexibility index (Phi) is 8.07. The topological polar surface area (TPSA) is 43.8 Å². The summed E-state index contributed by atoms with van der Waals surface area (Å²) in [6, 6.07) is 0. The molecular formula is C15H30N2O2. The number of carbonyl (C=O) groups is 1. The first-order valence-electron chi connectivity index (χ1n) is 7.82.